The van der Waals surface area contributed by atoms with Crippen molar-refractivity contribution in [2.24, 2.45) is 5.92 Å². The number of methoxy groups -OCH3 is 1. The second kappa shape index (κ2) is 11.5. The van der Waals surface area contributed by atoms with Gasteiger partial charge in [0.15, 0.2) is 11.5 Å². The van der Waals surface area contributed by atoms with Gasteiger partial charge in [0.2, 0.25) is 5.91 Å². The molecule has 0 saturated carbocycles. The molecule has 1 unspecified atom stereocenters. The summed E-state index contributed by atoms with van der Waals surface area (Å²) in [5, 5.41) is 3.25. The van der Waals surface area contributed by atoms with E-state index in [-0.39, 0.29) is 17.9 Å². The van der Waals surface area contributed by atoms with Gasteiger partial charge in [-0.25, -0.2) is 0 Å². The monoisotopic (exact) mass is 445 g/mol. The summed E-state index contributed by atoms with van der Waals surface area (Å²) in [5.41, 5.74) is 1.89. The topological polar surface area (TPSA) is 63.7 Å². The first-order valence-corrected chi connectivity index (χ1v) is 11.5. The molecule has 0 spiro atoms. The number of nitrogens with zero attached hydrogens (tertiary/aromatic N) is 2. The lowest BCUT2D eigenvalue weighted by Gasteiger charge is -2.32. The van der Waals surface area contributed by atoms with E-state index in [4.69, 9.17) is 9.47 Å². The fourth-order valence-corrected chi connectivity index (χ4v) is 4.22. The normalized spacial score (nSPS) is 15.5. The average Bonchev–Trinajstić information content (AvgIpc) is 2.89. The van der Waals surface area contributed by atoms with Crippen molar-refractivity contribution in [3.05, 3.63) is 90.3 Å². The lowest BCUT2D eigenvalue weighted by Crippen LogP contribution is -2.42. The quantitative estimate of drug-likeness (QED) is 0.538. The molecule has 1 fully saturated rings. The smallest absolute Gasteiger partial charge is 0.224 e. The van der Waals surface area contributed by atoms with E-state index in [0.29, 0.717) is 6.61 Å². The number of carbonyl (C=O) groups is 1. The minimum Gasteiger partial charge on any atom is -0.493 e. The van der Waals surface area contributed by atoms with E-state index >= 15 is 0 Å². The van der Waals surface area contributed by atoms with Crippen molar-refractivity contribution in [1.82, 2.24) is 15.2 Å². The molecule has 1 aromatic heterocycles. The van der Waals surface area contributed by atoms with E-state index in [1.54, 1.807) is 13.3 Å². The van der Waals surface area contributed by atoms with Gasteiger partial charge in [0.1, 0.15) is 6.61 Å². The van der Waals surface area contributed by atoms with Crippen molar-refractivity contribution >= 4 is 5.91 Å². The highest BCUT2D eigenvalue weighted by atomic mass is 16.5. The van der Waals surface area contributed by atoms with Crippen LogP contribution in [0.25, 0.3) is 0 Å². The average molecular weight is 446 g/mol. The van der Waals surface area contributed by atoms with Crippen molar-refractivity contribution in [2.45, 2.75) is 18.9 Å². The summed E-state index contributed by atoms with van der Waals surface area (Å²) in [6.45, 7) is 3.18. The van der Waals surface area contributed by atoms with Gasteiger partial charge in [-0.15, -0.1) is 0 Å². The summed E-state index contributed by atoms with van der Waals surface area (Å²) in [5.74, 6) is 1.61. The van der Waals surface area contributed by atoms with Crippen LogP contribution in [0.2, 0.25) is 0 Å². The Hall–Kier alpha value is -3.38. The van der Waals surface area contributed by atoms with Crippen LogP contribution >= 0.6 is 0 Å². The Balaban J connectivity index is 1.28. The Morgan fingerprint density at radius 3 is 2.39 bits per heavy atom. The second-order valence-electron chi connectivity index (χ2n) is 8.22. The van der Waals surface area contributed by atoms with Crippen LogP contribution in [0.4, 0.5) is 0 Å². The van der Waals surface area contributed by atoms with Gasteiger partial charge in [-0.3, -0.25) is 14.7 Å². The maximum absolute atomic E-state index is 13.1. The minimum absolute atomic E-state index is 0.00584. The van der Waals surface area contributed by atoms with E-state index < -0.39 is 0 Å². The number of hydrogen-bond acceptors (Lipinski definition) is 5. The van der Waals surface area contributed by atoms with E-state index in [2.05, 4.69) is 15.2 Å². The van der Waals surface area contributed by atoms with Gasteiger partial charge < -0.3 is 14.8 Å². The van der Waals surface area contributed by atoms with Crippen LogP contribution in [0.5, 0.6) is 11.5 Å². The summed E-state index contributed by atoms with van der Waals surface area (Å²) < 4.78 is 11.2. The number of piperidine rings is 1. The molecule has 1 atom stereocenters. The maximum Gasteiger partial charge on any atom is 0.224 e. The van der Waals surface area contributed by atoms with E-state index in [9.17, 15) is 4.79 Å². The van der Waals surface area contributed by atoms with Gasteiger partial charge >= 0.3 is 0 Å². The highest BCUT2D eigenvalue weighted by molar-refractivity contribution is 5.79. The number of pyridine rings is 1. The summed E-state index contributed by atoms with van der Waals surface area (Å²) in [6.07, 6.45) is 3.44. The molecule has 33 heavy (non-hydrogen) atoms. The van der Waals surface area contributed by atoms with Crippen LogP contribution in [-0.2, 0) is 4.79 Å². The molecule has 3 aromatic rings. The third-order valence-corrected chi connectivity index (χ3v) is 6.10. The molecule has 2 aromatic carbocycles. The largest absolute Gasteiger partial charge is 0.493 e. The highest BCUT2D eigenvalue weighted by Crippen LogP contribution is 2.26. The van der Waals surface area contributed by atoms with Gasteiger partial charge in [-0.05, 0) is 55.8 Å². The third kappa shape index (κ3) is 6.11. The molecule has 6 nitrogen and oxygen atoms in total. The van der Waals surface area contributed by atoms with Crippen LogP contribution in [0.1, 0.15) is 30.1 Å². The van der Waals surface area contributed by atoms with Crippen LogP contribution in [0.15, 0.2) is 79.0 Å². The highest BCUT2D eigenvalue weighted by Gasteiger charge is 2.27. The second-order valence-corrected chi connectivity index (χ2v) is 8.22. The Bertz CT molecular complexity index is 966. The summed E-state index contributed by atoms with van der Waals surface area (Å²) >= 11 is 0. The maximum atomic E-state index is 13.1. The van der Waals surface area contributed by atoms with E-state index in [1.165, 1.54) is 0 Å². The van der Waals surface area contributed by atoms with Gasteiger partial charge in [-0.2, -0.15) is 0 Å². The third-order valence-electron chi connectivity index (χ3n) is 6.10. The molecule has 1 amide bonds. The molecule has 1 aliphatic rings. The standard InChI is InChI=1S/C27H31N3O3/c1-32-24-12-5-6-13-25(24)33-20-19-30-17-14-22(15-18-30)27(31)29-26(21-9-3-2-4-10-21)23-11-7-8-16-28-23/h2-13,16,22,26H,14-15,17-20H2,1H3,(H,29,31). The summed E-state index contributed by atoms with van der Waals surface area (Å²) in [4.78, 5) is 20.0. The van der Waals surface area contributed by atoms with Gasteiger partial charge in [0.05, 0.1) is 18.8 Å². The van der Waals surface area contributed by atoms with Crippen molar-refractivity contribution in [1.29, 1.82) is 0 Å². The number of ether oxygens (including phenoxy) is 2. The lowest BCUT2D eigenvalue weighted by molar-refractivity contribution is -0.127. The number of amides is 1. The predicted molar refractivity (Wildman–Crippen MR) is 128 cm³/mol. The predicted octanol–water partition coefficient (Wildman–Crippen LogP) is 4.09. The van der Waals surface area contributed by atoms with Gasteiger partial charge in [0.25, 0.3) is 0 Å². The Labute approximate surface area is 195 Å². The number of benzene rings is 2. The van der Waals surface area contributed by atoms with E-state index in [1.807, 2.05) is 72.8 Å². The minimum atomic E-state index is -0.243. The molecule has 1 aliphatic heterocycles. The van der Waals surface area contributed by atoms with E-state index in [0.717, 1.165) is 55.2 Å². The molecule has 172 valence electrons. The number of nitrogens with one attached hydrogen (secondary N) is 1. The molecule has 0 aliphatic carbocycles. The Kier molecular flexibility index (Phi) is 7.93. The molecule has 1 N–H and O–H groups in total. The molecule has 6 heteroatoms. The summed E-state index contributed by atoms with van der Waals surface area (Å²) in [7, 11) is 1.65. The SMILES string of the molecule is COc1ccccc1OCCN1CCC(C(=O)NC(c2ccccc2)c2ccccn2)CC1. The van der Waals surface area contributed by atoms with Crippen molar-refractivity contribution in [2.75, 3.05) is 33.4 Å². The molecular weight excluding hydrogens is 414 g/mol. The van der Waals surface area contributed by atoms with Gasteiger partial charge in [0, 0.05) is 18.7 Å². The van der Waals surface area contributed by atoms with Crippen LogP contribution in [0, 0.1) is 5.92 Å². The molecule has 2 heterocycles. The van der Waals surface area contributed by atoms with Crippen molar-refractivity contribution < 1.29 is 14.3 Å². The summed E-state index contributed by atoms with van der Waals surface area (Å²) in [6, 6.07) is 23.3. The van der Waals surface area contributed by atoms with Crippen molar-refractivity contribution in [3.8, 4) is 11.5 Å². The molecule has 1 saturated heterocycles. The molecule has 4 rings (SSSR count). The lowest BCUT2D eigenvalue weighted by atomic mass is 9.94. The van der Waals surface area contributed by atoms with Gasteiger partial charge in [-0.1, -0.05) is 48.5 Å². The first-order chi connectivity index (χ1) is 16.2. The number of rotatable bonds is 9. The van der Waals surface area contributed by atoms with Crippen molar-refractivity contribution in [3.63, 3.8) is 0 Å². The Morgan fingerprint density at radius 2 is 1.70 bits per heavy atom. The number of aromatic nitrogens is 1. The fourth-order valence-electron chi connectivity index (χ4n) is 4.22. The fraction of sp³-hybridized carbons (Fsp3) is 0.333. The number of carbonyl (C=O) groups excluding carboxylic acids is 1. The zero-order valence-corrected chi connectivity index (χ0v) is 19.0. The first-order valence-electron chi connectivity index (χ1n) is 11.5. The van der Waals surface area contributed by atoms with Crippen LogP contribution in [0.3, 0.4) is 0 Å². The molecular formula is C27H31N3O3. The molecule has 0 radical (unpaired) electrons. The number of hydrogen-bond donors (Lipinski definition) is 1. The van der Waals surface area contributed by atoms with Crippen LogP contribution < -0.4 is 14.8 Å². The zero-order chi connectivity index (χ0) is 22.9. The Morgan fingerprint density at radius 1 is 1.00 bits per heavy atom. The number of likely N-dealkylation sites (tertiary alicyclic amines) is 1. The molecule has 0 bridgehead atoms. The first kappa shape index (κ1) is 22.8. The van der Waals surface area contributed by atoms with Crippen LogP contribution in [-0.4, -0.2) is 49.1 Å². The number of para-hydroxylation sites is 2. The zero-order valence-electron chi connectivity index (χ0n) is 19.0.